The van der Waals surface area contributed by atoms with E-state index in [1.54, 1.807) is 4.90 Å². The van der Waals surface area contributed by atoms with Gasteiger partial charge in [-0.05, 0) is 49.7 Å². The molecule has 0 fully saturated rings. The van der Waals surface area contributed by atoms with Crippen LogP contribution in [0.3, 0.4) is 0 Å². The monoisotopic (exact) mass is 350 g/mol. The fourth-order valence-corrected chi connectivity index (χ4v) is 2.49. The number of nitrogens with one attached hydrogen (secondary N) is 1. The average Bonchev–Trinajstić information content (AvgIpc) is 2.57. The summed E-state index contributed by atoms with van der Waals surface area (Å²) in [5, 5.41) is 3.31. The van der Waals surface area contributed by atoms with Crippen LogP contribution in [0.15, 0.2) is 54.6 Å². The summed E-state index contributed by atoms with van der Waals surface area (Å²) in [6, 6.07) is 17.6. The second kappa shape index (κ2) is 8.23. The van der Waals surface area contributed by atoms with Crippen molar-refractivity contribution in [3.05, 3.63) is 54.6 Å². The van der Waals surface area contributed by atoms with Crippen molar-refractivity contribution in [2.24, 2.45) is 0 Å². The van der Waals surface area contributed by atoms with E-state index < -0.39 is 4.84 Å². The maximum atomic E-state index is 12.3. The highest BCUT2D eigenvalue weighted by Crippen LogP contribution is 2.25. The molecule has 2 aromatic carbocycles. The Kier molecular flexibility index (Phi) is 6.31. The van der Waals surface area contributed by atoms with Gasteiger partial charge >= 0.3 is 0 Å². The molecule has 1 unspecified atom stereocenters. The number of hydrogen-bond acceptors (Lipinski definition) is 2. The molecule has 0 saturated heterocycles. The highest BCUT2D eigenvalue weighted by atomic mass is 35.5. The van der Waals surface area contributed by atoms with Gasteiger partial charge in [-0.1, -0.05) is 48.3 Å². The first kappa shape index (κ1) is 17.6. The predicted molar refractivity (Wildman–Crippen MR) is 98.9 cm³/mol. The Hall–Kier alpha value is -1.71. The molecule has 0 aliphatic rings. The van der Waals surface area contributed by atoms with Gasteiger partial charge in [0.25, 0.3) is 5.91 Å². The lowest BCUT2D eigenvalue weighted by Crippen LogP contribution is -2.41. The molecule has 122 valence electrons. The average molecular weight is 351 g/mol. The molecule has 5 heteroatoms. The first-order valence-electron chi connectivity index (χ1n) is 7.56. The van der Waals surface area contributed by atoms with E-state index in [1.807, 2.05) is 68.4 Å². The normalized spacial score (nSPS) is 12.0. The van der Waals surface area contributed by atoms with Gasteiger partial charge in [0.15, 0.2) is 4.84 Å². The van der Waals surface area contributed by atoms with E-state index in [9.17, 15) is 4.79 Å². The molecule has 0 aliphatic carbocycles. The van der Waals surface area contributed by atoms with Crippen LogP contribution in [0.2, 0.25) is 0 Å². The van der Waals surface area contributed by atoms with Crippen molar-refractivity contribution >= 4 is 46.2 Å². The van der Waals surface area contributed by atoms with Gasteiger partial charge in [-0.15, -0.1) is 0 Å². The molecule has 0 spiro atoms. The van der Waals surface area contributed by atoms with Crippen LogP contribution in [0.1, 0.15) is 20.3 Å². The van der Waals surface area contributed by atoms with Crippen LogP contribution in [0.4, 0.5) is 17.1 Å². The predicted octanol–water partition coefficient (Wildman–Crippen LogP) is 5.37. The lowest BCUT2D eigenvalue weighted by molar-refractivity contribution is -0.117. The van der Waals surface area contributed by atoms with Crippen molar-refractivity contribution in [3.8, 4) is 0 Å². The summed E-state index contributed by atoms with van der Waals surface area (Å²) in [6.45, 7) is 4.00. The SMILES string of the molecule is CCC(C)N(C(=O)C(Cl)Cl)c1ccc(Nc2ccccc2)cc1. The number of nitrogens with zero attached hydrogens (tertiary/aromatic N) is 1. The van der Waals surface area contributed by atoms with E-state index in [4.69, 9.17) is 23.2 Å². The summed E-state index contributed by atoms with van der Waals surface area (Å²) in [7, 11) is 0. The van der Waals surface area contributed by atoms with E-state index in [1.165, 1.54) is 0 Å². The maximum Gasteiger partial charge on any atom is 0.260 e. The van der Waals surface area contributed by atoms with E-state index in [2.05, 4.69) is 5.32 Å². The summed E-state index contributed by atoms with van der Waals surface area (Å²) in [6.07, 6.45) is 0.816. The molecule has 1 atom stereocenters. The molecular formula is C18H20Cl2N2O. The third kappa shape index (κ3) is 4.63. The number of anilines is 3. The van der Waals surface area contributed by atoms with Gasteiger partial charge in [-0.2, -0.15) is 0 Å². The molecule has 0 aliphatic heterocycles. The topological polar surface area (TPSA) is 32.3 Å². The van der Waals surface area contributed by atoms with Gasteiger partial charge in [0, 0.05) is 23.1 Å². The van der Waals surface area contributed by atoms with Crippen molar-refractivity contribution in [3.63, 3.8) is 0 Å². The Morgan fingerprint density at radius 1 is 1.04 bits per heavy atom. The Balaban J connectivity index is 2.20. The fraction of sp³-hybridized carbons (Fsp3) is 0.278. The zero-order chi connectivity index (χ0) is 16.8. The molecule has 0 radical (unpaired) electrons. The van der Waals surface area contributed by atoms with Crippen LogP contribution in [-0.4, -0.2) is 16.8 Å². The van der Waals surface area contributed by atoms with Crippen molar-refractivity contribution in [1.82, 2.24) is 0 Å². The quantitative estimate of drug-likeness (QED) is 0.710. The highest BCUT2D eigenvalue weighted by molar-refractivity contribution is 6.54. The third-order valence-electron chi connectivity index (χ3n) is 3.66. The summed E-state index contributed by atoms with van der Waals surface area (Å²) in [5.41, 5.74) is 2.75. The molecule has 3 nitrogen and oxygen atoms in total. The van der Waals surface area contributed by atoms with Gasteiger partial charge in [0.1, 0.15) is 0 Å². The number of alkyl halides is 2. The molecular weight excluding hydrogens is 331 g/mol. The van der Waals surface area contributed by atoms with Crippen LogP contribution in [-0.2, 0) is 4.79 Å². The van der Waals surface area contributed by atoms with Crippen molar-refractivity contribution in [2.75, 3.05) is 10.2 Å². The smallest absolute Gasteiger partial charge is 0.260 e. The molecule has 2 rings (SSSR count). The van der Waals surface area contributed by atoms with Crippen LogP contribution in [0, 0.1) is 0 Å². The second-order valence-electron chi connectivity index (χ2n) is 5.30. The van der Waals surface area contributed by atoms with Crippen LogP contribution in [0.25, 0.3) is 0 Å². The number of carbonyl (C=O) groups is 1. The van der Waals surface area contributed by atoms with Gasteiger partial charge in [-0.25, -0.2) is 0 Å². The van der Waals surface area contributed by atoms with E-state index >= 15 is 0 Å². The fourth-order valence-electron chi connectivity index (χ4n) is 2.28. The Bertz CT molecular complexity index is 629. The Labute approximate surface area is 147 Å². The number of halogens is 2. The number of para-hydroxylation sites is 1. The van der Waals surface area contributed by atoms with Gasteiger partial charge in [-0.3, -0.25) is 4.79 Å². The lowest BCUT2D eigenvalue weighted by Gasteiger charge is -2.29. The van der Waals surface area contributed by atoms with E-state index in [-0.39, 0.29) is 11.9 Å². The van der Waals surface area contributed by atoms with Crippen LogP contribution in [0.5, 0.6) is 0 Å². The molecule has 23 heavy (non-hydrogen) atoms. The minimum atomic E-state index is -1.06. The molecule has 1 N–H and O–H groups in total. The first-order valence-corrected chi connectivity index (χ1v) is 8.43. The number of hydrogen-bond donors (Lipinski definition) is 1. The number of rotatable bonds is 6. The summed E-state index contributed by atoms with van der Waals surface area (Å²) in [4.78, 5) is 12.9. The zero-order valence-electron chi connectivity index (χ0n) is 13.2. The molecule has 0 saturated carbocycles. The zero-order valence-corrected chi connectivity index (χ0v) is 14.7. The Morgan fingerprint density at radius 2 is 1.61 bits per heavy atom. The minimum Gasteiger partial charge on any atom is -0.356 e. The first-order chi connectivity index (χ1) is 11.0. The standard InChI is InChI=1S/C18H20Cl2N2O/c1-3-13(2)22(18(23)17(19)20)16-11-9-15(10-12-16)21-14-7-5-4-6-8-14/h4-13,17,21H,3H2,1-2H3. The van der Waals surface area contributed by atoms with Gasteiger partial charge in [0.05, 0.1) is 0 Å². The number of benzene rings is 2. The van der Waals surface area contributed by atoms with Crippen molar-refractivity contribution in [2.45, 2.75) is 31.1 Å². The number of carbonyl (C=O) groups excluding carboxylic acids is 1. The van der Waals surface area contributed by atoms with E-state index in [0.717, 1.165) is 23.5 Å². The molecule has 0 heterocycles. The third-order valence-corrected chi connectivity index (χ3v) is 4.04. The lowest BCUT2D eigenvalue weighted by atomic mass is 10.1. The largest absolute Gasteiger partial charge is 0.356 e. The number of amides is 1. The summed E-state index contributed by atoms with van der Waals surface area (Å²) >= 11 is 11.5. The van der Waals surface area contributed by atoms with Gasteiger partial charge in [0.2, 0.25) is 0 Å². The molecule has 2 aromatic rings. The second-order valence-corrected chi connectivity index (χ2v) is 6.40. The van der Waals surface area contributed by atoms with Crippen LogP contribution < -0.4 is 10.2 Å². The summed E-state index contributed by atoms with van der Waals surface area (Å²) in [5.74, 6) is -0.300. The van der Waals surface area contributed by atoms with Crippen LogP contribution >= 0.6 is 23.2 Å². The van der Waals surface area contributed by atoms with E-state index in [0.29, 0.717) is 0 Å². The molecule has 0 bridgehead atoms. The maximum absolute atomic E-state index is 12.3. The van der Waals surface area contributed by atoms with Crippen molar-refractivity contribution < 1.29 is 4.79 Å². The molecule has 0 aromatic heterocycles. The minimum absolute atomic E-state index is 0.0235. The van der Waals surface area contributed by atoms with Crippen molar-refractivity contribution in [1.29, 1.82) is 0 Å². The summed E-state index contributed by atoms with van der Waals surface area (Å²) < 4.78 is 0. The Morgan fingerprint density at radius 3 is 2.13 bits per heavy atom. The highest BCUT2D eigenvalue weighted by Gasteiger charge is 2.25. The van der Waals surface area contributed by atoms with Gasteiger partial charge < -0.3 is 10.2 Å². The molecule has 1 amide bonds.